The molecule has 0 aliphatic rings. The molecule has 0 unspecified atom stereocenters. The number of fused-ring (bicyclic) bond motifs is 1. The topological polar surface area (TPSA) is 64.5 Å². The number of aryl methyl sites for hydroxylation is 1. The Kier molecular flexibility index (Phi) is 12.5. The monoisotopic (exact) mass is 667 g/mol. The predicted octanol–water partition coefficient (Wildman–Crippen LogP) is 12.5. The highest BCUT2D eigenvalue weighted by atomic mass is 15.0. The fourth-order valence-electron chi connectivity index (χ4n) is 5.69. The molecule has 0 spiro atoms. The Bertz CT molecular complexity index is 2210. The zero-order valence-electron chi connectivity index (χ0n) is 30.6. The lowest BCUT2D eigenvalue weighted by Gasteiger charge is -2.13. The molecular weight excluding hydrogens is 623 g/mol. The van der Waals surface area contributed by atoms with E-state index in [-0.39, 0.29) is 0 Å². The van der Waals surface area contributed by atoms with Crippen molar-refractivity contribution in [2.45, 2.75) is 48.5 Å². The minimum Gasteiger partial charge on any atom is -0.248 e. The van der Waals surface area contributed by atoms with E-state index in [2.05, 4.69) is 67.6 Å². The normalized spacial score (nSPS) is 11.1. The van der Waals surface area contributed by atoms with E-state index in [1.807, 2.05) is 126 Å². The van der Waals surface area contributed by atoms with Crippen molar-refractivity contribution in [1.82, 2.24) is 24.9 Å². The summed E-state index contributed by atoms with van der Waals surface area (Å²) in [5.41, 5.74) is 10.4. The fourth-order valence-corrected chi connectivity index (χ4v) is 5.69. The average molecular weight is 668 g/mol. The van der Waals surface area contributed by atoms with Crippen molar-refractivity contribution >= 4 is 16.5 Å². The molecule has 254 valence electrons. The highest BCUT2D eigenvalue weighted by molar-refractivity contribution is 5.84. The Balaban J connectivity index is 0.00000122. The molecule has 3 heterocycles. The average Bonchev–Trinajstić information content (AvgIpc) is 3.21. The lowest BCUT2D eigenvalue weighted by atomic mass is 9.98. The van der Waals surface area contributed by atoms with E-state index in [9.17, 15) is 0 Å². The Morgan fingerprint density at radius 1 is 0.471 bits per heavy atom. The van der Waals surface area contributed by atoms with Gasteiger partial charge in [-0.3, -0.25) is 0 Å². The number of rotatable bonds is 7. The highest BCUT2D eigenvalue weighted by Gasteiger charge is 2.16. The van der Waals surface area contributed by atoms with Crippen molar-refractivity contribution in [3.05, 3.63) is 157 Å². The summed E-state index contributed by atoms with van der Waals surface area (Å²) in [5, 5.41) is 1.10. The smallest absolute Gasteiger partial charge is 0.164 e. The van der Waals surface area contributed by atoms with Gasteiger partial charge in [-0.1, -0.05) is 131 Å². The van der Waals surface area contributed by atoms with Gasteiger partial charge in [0.15, 0.2) is 17.5 Å². The molecule has 0 atom stereocenters. The van der Waals surface area contributed by atoms with Crippen LogP contribution in [0.25, 0.3) is 73.2 Å². The third-order valence-electron chi connectivity index (χ3n) is 8.00. The van der Waals surface area contributed by atoms with Gasteiger partial charge in [-0.05, 0) is 74.4 Å². The maximum Gasteiger partial charge on any atom is 0.164 e. The van der Waals surface area contributed by atoms with Crippen LogP contribution in [0.5, 0.6) is 0 Å². The third kappa shape index (κ3) is 8.57. The van der Waals surface area contributed by atoms with Gasteiger partial charge in [0.05, 0.1) is 22.6 Å². The van der Waals surface area contributed by atoms with Crippen LogP contribution in [0.15, 0.2) is 146 Å². The quantitative estimate of drug-likeness (QED) is 0.158. The van der Waals surface area contributed by atoms with Crippen molar-refractivity contribution in [2.24, 2.45) is 0 Å². The molecule has 0 saturated carbocycles. The van der Waals surface area contributed by atoms with Crippen molar-refractivity contribution in [3.8, 4) is 56.7 Å². The van der Waals surface area contributed by atoms with Crippen LogP contribution in [0.1, 0.15) is 52.8 Å². The van der Waals surface area contributed by atoms with Crippen LogP contribution in [-0.4, -0.2) is 24.9 Å². The molecule has 0 N–H and O–H groups in total. The van der Waals surface area contributed by atoms with Crippen LogP contribution in [-0.2, 0) is 0 Å². The standard InChI is InChI=1S/C42H33N5.2C2H6/c1-4-14-29(5-2)38-23-28(3)24-39(44-38)34-25-33(37-22-21-30-15-12-13-20-36(30)43-37)26-35(27-34)42-46-40(31-16-8-6-9-17-31)45-41(47-42)32-18-10-7-11-19-32;2*1-2/h4-27H,1-3H3;2*1-2H3/b14-4-,29-5+;;. The van der Waals surface area contributed by atoms with Crippen molar-refractivity contribution < 1.29 is 0 Å². The number of para-hydroxylation sites is 1. The number of hydrogen-bond acceptors (Lipinski definition) is 5. The molecule has 0 amide bonds. The third-order valence-corrected chi connectivity index (χ3v) is 8.00. The largest absolute Gasteiger partial charge is 0.248 e. The van der Waals surface area contributed by atoms with Crippen LogP contribution in [0.4, 0.5) is 0 Å². The summed E-state index contributed by atoms with van der Waals surface area (Å²) >= 11 is 0. The number of benzene rings is 4. The summed E-state index contributed by atoms with van der Waals surface area (Å²) in [4.78, 5) is 25.2. The van der Waals surface area contributed by atoms with E-state index >= 15 is 0 Å². The molecule has 0 aliphatic heterocycles. The van der Waals surface area contributed by atoms with Crippen molar-refractivity contribution in [3.63, 3.8) is 0 Å². The minimum atomic E-state index is 0.581. The summed E-state index contributed by atoms with van der Waals surface area (Å²) in [6, 6.07) is 43.1. The van der Waals surface area contributed by atoms with Crippen LogP contribution in [0, 0.1) is 6.92 Å². The van der Waals surface area contributed by atoms with E-state index in [0.29, 0.717) is 17.5 Å². The number of allylic oxidation sites excluding steroid dienone is 4. The summed E-state index contributed by atoms with van der Waals surface area (Å²) in [6.07, 6.45) is 6.22. The number of pyridine rings is 2. The van der Waals surface area contributed by atoms with E-state index < -0.39 is 0 Å². The Morgan fingerprint density at radius 3 is 1.59 bits per heavy atom. The van der Waals surface area contributed by atoms with E-state index in [1.165, 1.54) is 0 Å². The lowest BCUT2D eigenvalue weighted by molar-refractivity contribution is 1.07. The summed E-state index contributed by atoms with van der Waals surface area (Å²) in [7, 11) is 0. The molecule has 51 heavy (non-hydrogen) atoms. The predicted molar refractivity (Wildman–Crippen MR) is 216 cm³/mol. The maximum absolute atomic E-state index is 5.15. The van der Waals surface area contributed by atoms with Crippen LogP contribution in [0.2, 0.25) is 0 Å². The van der Waals surface area contributed by atoms with Gasteiger partial charge >= 0.3 is 0 Å². The lowest BCUT2D eigenvalue weighted by Crippen LogP contribution is -2.01. The van der Waals surface area contributed by atoms with Gasteiger partial charge < -0.3 is 0 Å². The second kappa shape index (κ2) is 17.5. The molecule has 7 aromatic rings. The molecule has 0 radical (unpaired) electrons. The molecule has 0 fully saturated rings. The summed E-state index contributed by atoms with van der Waals surface area (Å²) < 4.78 is 0. The van der Waals surface area contributed by atoms with Crippen molar-refractivity contribution in [2.75, 3.05) is 0 Å². The molecular formula is C46H45N5. The molecule has 7 rings (SSSR count). The second-order valence-corrected chi connectivity index (χ2v) is 11.4. The fraction of sp³-hybridized carbons (Fsp3) is 0.152. The second-order valence-electron chi connectivity index (χ2n) is 11.4. The van der Waals surface area contributed by atoms with Gasteiger partial charge in [0.25, 0.3) is 0 Å². The summed E-state index contributed by atoms with van der Waals surface area (Å²) in [5.74, 6) is 1.81. The molecule has 5 nitrogen and oxygen atoms in total. The molecule has 0 aliphatic carbocycles. The van der Waals surface area contributed by atoms with Gasteiger partial charge in [-0.15, -0.1) is 0 Å². The first kappa shape index (κ1) is 36.2. The maximum atomic E-state index is 5.15. The van der Waals surface area contributed by atoms with Gasteiger partial charge in [-0.2, -0.15) is 0 Å². The van der Waals surface area contributed by atoms with Gasteiger partial charge in [0.2, 0.25) is 0 Å². The van der Waals surface area contributed by atoms with Gasteiger partial charge in [0, 0.05) is 33.2 Å². The van der Waals surface area contributed by atoms with Crippen LogP contribution in [0.3, 0.4) is 0 Å². The molecule has 4 aromatic carbocycles. The van der Waals surface area contributed by atoms with Gasteiger partial charge in [-0.25, -0.2) is 24.9 Å². The first-order chi connectivity index (χ1) is 25.1. The molecule has 0 bridgehead atoms. The zero-order chi connectivity index (χ0) is 36.2. The Hall–Kier alpha value is -6.07. The number of aromatic nitrogens is 5. The summed E-state index contributed by atoms with van der Waals surface area (Å²) in [6.45, 7) is 14.2. The van der Waals surface area contributed by atoms with Crippen LogP contribution < -0.4 is 0 Å². The van der Waals surface area contributed by atoms with E-state index in [4.69, 9.17) is 24.9 Å². The van der Waals surface area contributed by atoms with Crippen molar-refractivity contribution in [1.29, 1.82) is 0 Å². The molecule has 5 heteroatoms. The zero-order valence-corrected chi connectivity index (χ0v) is 30.6. The first-order valence-electron chi connectivity index (χ1n) is 17.7. The first-order valence-corrected chi connectivity index (χ1v) is 17.7. The molecule has 3 aromatic heterocycles. The Morgan fingerprint density at radius 2 is 1.00 bits per heavy atom. The highest BCUT2D eigenvalue weighted by Crippen LogP contribution is 2.34. The minimum absolute atomic E-state index is 0.581. The van der Waals surface area contributed by atoms with Gasteiger partial charge in [0.1, 0.15) is 0 Å². The molecule has 0 saturated heterocycles. The Labute approximate surface area is 302 Å². The number of nitrogens with zero attached hydrogens (tertiary/aromatic N) is 5. The van der Waals surface area contributed by atoms with Crippen LogP contribution >= 0.6 is 0 Å². The number of hydrogen-bond donors (Lipinski definition) is 0. The van der Waals surface area contributed by atoms with E-state index in [1.54, 1.807) is 0 Å². The SMILES string of the molecule is C/C=C\C(=C/C)c1cc(C)cc(-c2cc(-c3ccc4ccccc4n3)cc(-c3nc(-c4ccccc4)nc(-c4ccccc4)n3)c2)n1.CC.CC. The van der Waals surface area contributed by atoms with E-state index in [0.717, 1.165) is 66.9 Å².